The van der Waals surface area contributed by atoms with E-state index in [0.29, 0.717) is 24.6 Å². The number of guanidine groups is 1. The lowest BCUT2D eigenvalue weighted by molar-refractivity contribution is -0.135. The Kier molecular flexibility index (Phi) is 8.22. The fraction of sp³-hybridized carbons (Fsp3) is 0.652. The first-order chi connectivity index (χ1) is 14.6. The topological polar surface area (TPSA) is 86.2 Å². The summed E-state index contributed by atoms with van der Waals surface area (Å²) in [6.45, 7) is 4.95. The summed E-state index contributed by atoms with van der Waals surface area (Å²) in [5.41, 5.74) is 0.848. The lowest BCUT2D eigenvalue weighted by Crippen LogP contribution is -2.45. The van der Waals surface area contributed by atoms with Crippen LogP contribution in [-0.2, 0) is 11.2 Å². The average molecular weight is 417 g/mol. The predicted molar refractivity (Wildman–Crippen MR) is 119 cm³/mol. The fourth-order valence-corrected chi connectivity index (χ4v) is 4.37. The van der Waals surface area contributed by atoms with Gasteiger partial charge in [-0.15, -0.1) is 0 Å². The van der Waals surface area contributed by atoms with Crippen molar-refractivity contribution in [2.24, 2.45) is 10.9 Å². The normalized spacial score (nSPS) is 20.3. The molecule has 1 heterocycles. The molecule has 1 atom stereocenters. The molecule has 1 unspecified atom stereocenters. The van der Waals surface area contributed by atoms with E-state index < -0.39 is 0 Å². The predicted octanol–water partition coefficient (Wildman–Crippen LogP) is 2.68. The SMILES string of the molecule is CCNC(=NCCc1ccc(OC)cc1O)NC1CCN(C(=O)C2CCCCC2)C1. The molecule has 1 aromatic rings. The molecule has 2 fully saturated rings. The number of hydrogen-bond acceptors (Lipinski definition) is 4. The van der Waals surface area contributed by atoms with Crippen LogP contribution in [0.15, 0.2) is 23.2 Å². The molecular formula is C23H36N4O3. The number of phenolic OH excluding ortho intramolecular Hbond substituents is 1. The highest BCUT2D eigenvalue weighted by Crippen LogP contribution is 2.27. The van der Waals surface area contributed by atoms with Crippen LogP contribution in [0.5, 0.6) is 11.5 Å². The zero-order valence-corrected chi connectivity index (χ0v) is 18.3. The summed E-state index contributed by atoms with van der Waals surface area (Å²) in [7, 11) is 1.58. The van der Waals surface area contributed by atoms with Gasteiger partial charge in [0.1, 0.15) is 11.5 Å². The Morgan fingerprint density at radius 2 is 2.07 bits per heavy atom. The second kappa shape index (κ2) is 11.1. The third kappa shape index (κ3) is 6.03. The van der Waals surface area contributed by atoms with Crippen LogP contribution in [0.3, 0.4) is 0 Å². The standard InChI is InChI=1S/C23H36N4O3/c1-3-24-23(25-13-11-17-9-10-20(30-2)15-21(17)28)26-19-12-14-27(16-19)22(29)18-7-5-4-6-8-18/h9-10,15,18-19,28H,3-8,11-14,16H2,1-2H3,(H2,24,25,26). The minimum Gasteiger partial charge on any atom is -0.508 e. The molecule has 1 aliphatic heterocycles. The van der Waals surface area contributed by atoms with E-state index in [2.05, 4.69) is 15.6 Å². The largest absolute Gasteiger partial charge is 0.508 e. The first kappa shape index (κ1) is 22.2. The number of amides is 1. The van der Waals surface area contributed by atoms with Gasteiger partial charge in [-0.1, -0.05) is 25.3 Å². The van der Waals surface area contributed by atoms with Crippen molar-refractivity contribution in [2.75, 3.05) is 33.3 Å². The first-order valence-corrected chi connectivity index (χ1v) is 11.3. The average Bonchev–Trinajstić information content (AvgIpc) is 3.23. The quantitative estimate of drug-likeness (QED) is 0.470. The number of likely N-dealkylation sites (tertiary alicyclic amines) is 1. The Hall–Kier alpha value is -2.44. The zero-order valence-electron chi connectivity index (χ0n) is 18.3. The highest BCUT2D eigenvalue weighted by atomic mass is 16.5. The number of methoxy groups -OCH3 is 1. The van der Waals surface area contributed by atoms with Crippen LogP contribution in [0.1, 0.15) is 51.0 Å². The molecule has 7 nitrogen and oxygen atoms in total. The molecule has 1 aromatic carbocycles. The lowest BCUT2D eigenvalue weighted by atomic mass is 9.88. The molecule has 0 bridgehead atoms. The van der Waals surface area contributed by atoms with Gasteiger partial charge in [0.05, 0.1) is 7.11 Å². The van der Waals surface area contributed by atoms with Crippen molar-refractivity contribution < 1.29 is 14.6 Å². The van der Waals surface area contributed by atoms with Crippen molar-refractivity contribution in [1.29, 1.82) is 0 Å². The highest BCUT2D eigenvalue weighted by molar-refractivity contribution is 5.81. The Morgan fingerprint density at radius 1 is 1.27 bits per heavy atom. The maximum Gasteiger partial charge on any atom is 0.225 e. The molecule has 0 spiro atoms. The molecule has 3 N–H and O–H groups in total. The van der Waals surface area contributed by atoms with E-state index in [1.54, 1.807) is 13.2 Å². The minimum absolute atomic E-state index is 0.227. The van der Waals surface area contributed by atoms with Crippen molar-refractivity contribution >= 4 is 11.9 Å². The van der Waals surface area contributed by atoms with Gasteiger partial charge in [0, 0.05) is 44.2 Å². The summed E-state index contributed by atoms with van der Waals surface area (Å²) in [5, 5.41) is 16.9. The number of rotatable bonds is 7. The van der Waals surface area contributed by atoms with E-state index in [-0.39, 0.29) is 17.7 Å². The lowest BCUT2D eigenvalue weighted by Gasteiger charge is -2.26. The summed E-state index contributed by atoms with van der Waals surface area (Å²) >= 11 is 0. The summed E-state index contributed by atoms with van der Waals surface area (Å²) in [6, 6.07) is 5.57. The summed E-state index contributed by atoms with van der Waals surface area (Å²) in [6.07, 6.45) is 7.33. The van der Waals surface area contributed by atoms with Crippen molar-refractivity contribution in [3.8, 4) is 11.5 Å². The first-order valence-electron chi connectivity index (χ1n) is 11.3. The molecule has 1 saturated heterocycles. The molecule has 7 heteroatoms. The summed E-state index contributed by atoms with van der Waals surface area (Å²) in [4.78, 5) is 19.5. The van der Waals surface area contributed by atoms with Crippen LogP contribution < -0.4 is 15.4 Å². The minimum atomic E-state index is 0.227. The molecule has 1 aliphatic carbocycles. The molecule has 3 rings (SSSR count). The van der Waals surface area contributed by atoms with Gasteiger partial charge in [-0.05, 0) is 44.2 Å². The molecule has 1 amide bonds. The maximum atomic E-state index is 12.8. The van der Waals surface area contributed by atoms with Crippen LogP contribution in [0.4, 0.5) is 0 Å². The third-order valence-electron chi connectivity index (χ3n) is 6.08. The second-order valence-corrected chi connectivity index (χ2v) is 8.25. The second-order valence-electron chi connectivity index (χ2n) is 8.25. The number of aliphatic imine (C=N–C) groups is 1. The van der Waals surface area contributed by atoms with Crippen LogP contribution in [0, 0.1) is 5.92 Å². The van der Waals surface area contributed by atoms with Gasteiger partial charge in [-0.25, -0.2) is 0 Å². The number of ether oxygens (including phenoxy) is 1. The number of nitrogens with one attached hydrogen (secondary N) is 2. The van der Waals surface area contributed by atoms with Gasteiger partial charge < -0.3 is 25.4 Å². The van der Waals surface area contributed by atoms with E-state index in [0.717, 1.165) is 50.4 Å². The van der Waals surface area contributed by atoms with E-state index in [4.69, 9.17) is 4.74 Å². The molecule has 2 aliphatic rings. The Bertz CT molecular complexity index is 731. The number of nitrogens with zero attached hydrogens (tertiary/aromatic N) is 2. The third-order valence-corrected chi connectivity index (χ3v) is 6.08. The van der Waals surface area contributed by atoms with Gasteiger partial charge >= 0.3 is 0 Å². The highest BCUT2D eigenvalue weighted by Gasteiger charge is 2.31. The van der Waals surface area contributed by atoms with Crippen molar-refractivity contribution in [3.63, 3.8) is 0 Å². The van der Waals surface area contributed by atoms with E-state index in [1.165, 1.54) is 19.3 Å². The van der Waals surface area contributed by atoms with Crippen LogP contribution in [-0.4, -0.2) is 61.2 Å². The number of benzene rings is 1. The van der Waals surface area contributed by atoms with Crippen LogP contribution >= 0.6 is 0 Å². The Balaban J connectivity index is 1.50. The number of carbonyl (C=O) groups is 1. The van der Waals surface area contributed by atoms with Gasteiger partial charge in [-0.2, -0.15) is 0 Å². The number of carbonyl (C=O) groups excluding carboxylic acids is 1. The molecule has 1 saturated carbocycles. The Morgan fingerprint density at radius 3 is 2.77 bits per heavy atom. The van der Waals surface area contributed by atoms with E-state index in [1.807, 2.05) is 24.0 Å². The van der Waals surface area contributed by atoms with Crippen molar-refractivity contribution in [2.45, 2.75) is 57.9 Å². The van der Waals surface area contributed by atoms with Crippen molar-refractivity contribution in [3.05, 3.63) is 23.8 Å². The smallest absolute Gasteiger partial charge is 0.225 e. The van der Waals surface area contributed by atoms with Crippen molar-refractivity contribution in [1.82, 2.24) is 15.5 Å². The molecular weight excluding hydrogens is 380 g/mol. The summed E-state index contributed by atoms with van der Waals surface area (Å²) < 4.78 is 5.13. The van der Waals surface area contributed by atoms with Gasteiger partial charge in [0.2, 0.25) is 5.91 Å². The van der Waals surface area contributed by atoms with Gasteiger partial charge in [0.25, 0.3) is 0 Å². The number of phenols is 1. The number of hydrogen-bond donors (Lipinski definition) is 3. The number of aromatic hydroxyl groups is 1. The molecule has 0 radical (unpaired) electrons. The monoisotopic (exact) mass is 416 g/mol. The van der Waals surface area contributed by atoms with E-state index >= 15 is 0 Å². The fourth-order valence-electron chi connectivity index (χ4n) is 4.37. The summed E-state index contributed by atoms with van der Waals surface area (Å²) in [5.74, 6) is 2.22. The maximum absolute atomic E-state index is 12.8. The van der Waals surface area contributed by atoms with Gasteiger partial charge in [0.15, 0.2) is 5.96 Å². The Labute approximate surface area is 179 Å². The van der Waals surface area contributed by atoms with Crippen LogP contribution in [0.25, 0.3) is 0 Å². The van der Waals surface area contributed by atoms with Gasteiger partial charge in [-0.3, -0.25) is 9.79 Å². The zero-order chi connectivity index (χ0) is 21.3. The molecule has 166 valence electrons. The van der Waals surface area contributed by atoms with Crippen LogP contribution in [0.2, 0.25) is 0 Å². The van der Waals surface area contributed by atoms with E-state index in [9.17, 15) is 9.90 Å². The molecule has 30 heavy (non-hydrogen) atoms. The molecule has 0 aromatic heterocycles.